The molecule has 1 aliphatic rings. The van der Waals surface area contributed by atoms with E-state index in [-0.39, 0.29) is 17.5 Å². The van der Waals surface area contributed by atoms with Gasteiger partial charge in [-0.05, 0) is 43.5 Å². The third-order valence-electron chi connectivity index (χ3n) is 5.99. The van der Waals surface area contributed by atoms with Crippen LogP contribution in [0.4, 0.5) is 8.78 Å². The molecule has 4 aromatic rings. The first-order valence-electron chi connectivity index (χ1n) is 10.2. The molecule has 31 heavy (non-hydrogen) atoms. The molecule has 5 rings (SSSR count). The van der Waals surface area contributed by atoms with Crippen molar-refractivity contribution in [2.75, 3.05) is 6.54 Å². The molecule has 0 radical (unpaired) electrons. The molecule has 0 spiro atoms. The number of aromatic nitrogens is 4. The zero-order valence-corrected chi connectivity index (χ0v) is 16.9. The van der Waals surface area contributed by atoms with Crippen LogP contribution in [0, 0.1) is 17.6 Å². The molecule has 6 nitrogen and oxygen atoms in total. The number of pyridine rings is 1. The van der Waals surface area contributed by atoms with Gasteiger partial charge in [-0.1, -0.05) is 6.07 Å². The summed E-state index contributed by atoms with van der Waals surface area (Å²) in [5.74, 6) is -2.36. The molecule has 1 aliphatic heterocycles. The number of H-pyrrole nitrogens is 1. The number of benzene rings is 1. The van der Waals surface area contributed by atoms with E-state index in [1.54, 1.807) is 11.1 Å². The average molecular weight is 421 g/mol. The number of carbonyl (C=O) groups is 1. The van der Waals surface area contributed by atoms with E-state index in [4.69, 9.17) is 0 Å². The van der Waals surface area contributed by atoms with E-state index < -0.39 is 17.5 Å². The van der Waals surface area contributed by atoms with Crippen molar-refractivity contribution in [3.63, 3.8) is 0 Å². The van der Waals surface area contributed by atoms with Crippen molar-refractivity contribution >= 4 is 16.9 Å². The Morgan fingerprint density at radius 3 is 2.90 bits per heavy atom. The van der Waals surface area contributed by atoms with Crippen molar-refractivity contribution in [2.24, 2.45) is 5.92 Å². The molecule has 1 aromatic carbocycles. The molecule has 0 saturated carbocycles. The van der Waals surface area contributed by atoms with Crippen LogP contribution in [-0.4, -0.2) is 43.1 Å². The quantitative estimate of drug-likeness (QED) is 0.536. The van der Waals surface area contributed by atoms with E-state index in [0.29, 0.717) is 13.1 Å². The second kappa shape index (κ2) is 7.61. The van der Waals surface area contributed by atoms with Gasteiger partial charge in [-0.15, -0.1) is 0 Å². The summed E-state index contributed by atoms with van der Waals surface area (Å²) in [6.07, 6.45) is 8.19. The standard InChI is InChI=1S/C23H21F2N5O/c1-14-7-15(13-30(14)23(31)19-3-2-4-20(24)21(19)25)12-29-6-5-16-8-17(9-26-22(16)29)18-10-27-28-11-18/h2-6,8-11,14-15H,7,12-13H2,1H3,(H,27,28). The van der Waals surface area contributed by atoms with Gasteiger partial charge in [0, 0.05) is 54.2 Å². The Hall–Kier alpha value is -3.55. The van der Waals surface area contributed by atoms with E-state index in [1.165, 1.54) is 12.1 Å². The Balaban J connectivity index is 1.34. The van der Waals surface area contributed by atoms with Crippen molar-refractivity contribution in [1.82, 2.24) is 24.6 Å². The first-order chi connectivity index (χ1) is 15.0. The van der Waals surface area contributed by atoms with Gasteiger partial charge in [-0.3, -0.25) is 9.89 Å². The molecule has 158 valence electrons. The van der Waals surface area contributed by atoms with Gasteiger partial charge >= 0.3 is 0 Å². The SMILES string of the molecule is CC1CC(Cn2ccc3cc(-c4cn[nH]c4)cnc32)CN1C(=O)c1cccc(F)c1F. The van der Waals surface area contributed by atoms with Crippen LogP contribution < -0.4 is 0 Å². The molecular formula is C23H21F2N5O. The minimum atomic E-state index is -1.09. The topological polar surface area (TPSA) is 66.8 Å². The summed E-state index contributed by atoms with van der Waals surface area (Å²) in [6, 6.07) is 7.76. The van der Waals surface area contributed by atoms with Crippen LogP contribution in [0.15, 0.2) is 55.1 Å². The first-order valence-corrected chi connectivity index (χ1v) is 10.2. The molecule has 1 N–H and O–H groups in total. The number of fused-ring (bicyclic) bond motifs is 1. The number of hydrogen-bond acceptors (Lipinski definition) is 3. The third-order valence-corrected chi connectivity index (χ3v) is 5.99. The normalized spacial score (nSPS) is 18.7. The highest BCUT2D eigenvalue weighted by molar-refractivity contribution is 5.95. The molecule has 1 saturated heterocycles. The molecule has 8 heteroatoms. The fourth-order valence-electron chi connectivity index (χ4n) is 4.45. The van der Waals surface area contributed by atoms with Gasteiger partial charge in [-0.2, -0.15) is 5.10 Å². The Labute approximate surface area is 177 Å². The van der Waals surface area contributed by atoms with Gasteiger partial charge in [0.15, 0.2) is 11.6 Å². The van der Waals surface area contributed by atoms with E-state index in [9.17, 15) is 13.6 Å². The summed E-state index contributed by atoms with van der Waals surface area (Å²) in [5.41, 5.74) is 2.63. The maximum absolute atomic E-state index is 14.1. The van der Waals surface area contributed by atoms with Gasteiger partial charge in [0.25, 0.3) is 5.91 Å². The Bertz CT molecular complexity index is 1250. The second-order valence-corrected chi connectivity index (χ2v) is 8.10. The van der Waals surface area contributed by atoms with Gasteiger partial charge in [0.2, 0.25) is 0 Å². The lowest BCUT2D eigenvalue weighted by Crippen LogP contribution is -2.34. The smallest absolute Gasteiger partial charge is 0.257 e. The first kappa shape index (κ1) is 19.4. The fraction of sp³-hybridized carbons (Fsp3) is 0.261. The number of carbonyl (C=O) groups excluding carboxylic acids is 1. The van der Waals surface area contributed by atoms with Crippen LogP contribution in [0.5, 0.6) is 0 Å². The summed E-state index contributed by atoms with van der Waals surface area (Å²) < 4.78 is 29.7. The van der Waals surface area contributed by atoms with Crippen molar-refractivity contribution in [3.05, 3.63) is 72.3 Å². The second-order valence-electron chi connectivity index (χ2n) is 8.10. The van der Waals surface area contributed by atoms with Gasteiger partial charge in [0.1, 0.15) is 5.65 Å². The predicted octanol–water partition coefficient (Wildman–Crippen LogP) is 4.26. The molecule has 2 atom stereocenters. The minimum absolute atomic E-state index is 0.0531. The number of nitrogens with zero attached hydrogens (tertiary/aromatic N) is 4. The minimum Gasteiger partial charge on any atom is -0.335 e. The molecule has 1 amide bonds. The van der Waals surface area contributed by atoms with Crippen molar-refractivity contribution in [1.29, 1.82) is 0 Å². The van der Waals surface area contributed by atoms with Crippen LogP contribution in [0.3, 0.4) is 0 Å². The number of nitrogens with one attached hydrogen (secondary N) is 1. The maximum atomic E-state index is 14.1. The number of amides is 1. The van der Waals surface area contributed by atoms with Gasteiger partial charge in [0.05, 0.1) is 11.8 Å². The molecule has 0 aliphatic carbocycles. The van der Waals surface area contributed by atoms with Crippen LogP contribution in [0.25, 0.3) is 22.2 Å². The third kappa shape index (κ3) is 3.48. The largest absolute Gasteiger partial charge is 0.335 e. The molecule has 0 bridgehead atoms. The van der Waals surface area contributed by atoms with Crippen LogP contribution >= 0.6 is 0 Å². The van der Waals surface area contributed by atoms with Crippen LogP contribution in [0.1, 0.15) is 23.7 Å². The molecule has 4 heterocycles. The van der Waals surface area contributed by atoms with Gasteiger partial charge in [-0.25, -0.2) is 13.8 Å². The summed E-state index contributed by atoms with van der Waals surface area (Å²) in [4.78, 5) is 19.1. The molecule has 3 aromatic heterocycles. The predicted molar refractivity (Wildman–Crippen MR) is 112 cm³/mol. The number of likely N-dealkylation sites (tertiary alicyclic amines) is 1. The van der Waals surface area contributed by atoms with Crippen LogP contribution in [0.2, 0.25) is 0 Å². The maximum Gasteiger partial charge on any atom is 0.257 e. The van der Waals surface area contributed by atoms with Crippen molar-refractivity contribution in [3.8, 4) is 11.1 Å². The van der Waals surface area contributed by atoms with Crippen molar-refractivity contribution in [2.45, 2.75) is 25.9 Å². The number of halogens is 2. The Morgan fingerprint density at radius 2 is 2.10 bits per heavy atom. The van der Waals surface area contributed by atoms with E-state index in [2.05, 4.69) is 25.8 Å². The lowest BCUT2D eigenvalue weighted by atomic mass is 10.1. The Morgan fingerprint density at radius 1 is 1.23 bits per heavy atom. The van der Waals surface area contributed by atoms with Crippen LogP contribution in [-0.2, 0) is 6.54 Å². The number of hydrogen-bond donors (Lipinski definition) is 1. The highest BCUT2D eigenvalue weighted by Crippen LogP contribution is 2.29. The Kier molecular flexibility index (Phi) is 4.77. The van der Waals surface area contributed by atoms with E-state index >= 15 is 0 Å². The molecule has 1 fully saturated rings. The fourth-order valence-corrected chi connectivity index (χ4v) is 4.45. The van der Waals surface area contributed by atoms with Crippen molar-refractivity contribution < 1.29 is 13.6 Å². The zero-order chi connectivity index (χ0) is 21.5. The van der Waals surface area contributed by atoms with E-state index in [0.717, 1.165) is 34.6 Å². The highest BCUT2D eigenvalue weighted by atomic mass is 19.2. The monoisotopic (exact) mass is 421 g/mol. The summed E-state index contributed by atoms with van der Waals surface area (Å²) in [6.45, 7) is 3.13. The number of rotatable bonds is 4. The molecular weight excluding hydrogens is 400 g/mol. The summed E-state index contributed by atoms with van der Waals surface area (Å²) >= 11 is 0. The zero-order valence-electron chi connectivity index (χ0n) is 16.9. The van der Waals surface area contributed by atoms with E-state index in [1.807, 2.05) is 31.6 Å². The summed E-state index contributed by atoms with van der Waals surface area (Å²) in [7, 11) is 0. The average Bonchev–Trinajstić information content (AvgIpc) is 3.50. The lowest BCUT2D eigenvalue weighted by Gasteiger charge is -2.22. The number of aromatic amines is 1. The van der Waals surface area contributed by atoms with Gasteiger partial charge < -0.3 is 9.47 Å². The molecule has 2 unspecified atom stereocenters. The summed E-state index contributed by atoms with van der Waals surface area (Å²) in [5, 5.41) is 7.81. The lowest BCUT2D eigenvalue weighted by molar-refractivity contribution is 0.0736. The highest BCUT2D eigenvalue weighted by Gasteiger charge is 2.34.